The van der Waals surface area contributed by atoms with Gasteiger partial charge in [-0.3, -0.25) is 4.68 Å². The van der Waals surface area contributed by atoms with E-state index in [9.17, 15) is 0 Å². The van der Waals surface area contributed by atoms with Crippen molar-refractivity contribution in [3.63, 3.8) is 0 Å². The van der Waals surface area contributed by atoms with Crippen LogP contribution in [0.3, 0.4) is 0 Å². The Bertz CT molecular complexity index is 348. The van der Waals surface area contributed by atoms with Gasteiger partial charge in [0.1, 0.15) is 0 Å². The predicted molar refractivity (Wildman–Crippen MR) is 66.4 cm³/mol. The van der Waals surface area contributed by atoms with Gasteiger partial charge in [-0.05, 0) is 40.5 Å². The Kier molecular flexibility index (Phi) is 3.06. The molecular weight excluding hydrogens is 198 g/mol. The van der Waals surface area contributed by atoms with Crippen LogP contribution in [0.5, 0.6) is 0 Å². The molecule has 0 aliphatic carbocycles. The van der Waals surface area contributed by atoms with Crippen LogP contribution in [-0.2, 0) is 5.54 Å². The van der Waals surface area contributed by atoms with E-state index in [2.05, 4.69) is 49.0 Å². The molecule has 0 spiro atoms. The zero-order chi connectivity index (χ0) is 11.8. The lowest BCUT2D eigenvalue weighted by Gasteiger charge is -2.28. The van der Waals surface area contributed by atoms with Gasteiger partial charge in [0, 0.05) is 23.8 Å². The number of nitrogens with zero attached hydrogens (tertiary/aromatic N) is 2. The summed E-state index contributed by atoms with van der Waals surface area (Å²) >= 11 is 0. The Morgan fingerprint density at radius 3 is 2.69 bits per heavy atom. The van der Waals surface area contributed by atoms with Crippen molar-refractivity contribution in [2.75, 3.05) is 0 Å². The molecule has 1 aromatic rings. The molecule has 3 heteroatoms. The molecule has 2 heterocycles. The molecule has 0 saturated carbocycles. The summed E-state index contributed by atoms with van der Waals surface area (Å²) in [6.07, 6.45) is 8.06. The molecule has 16 heavy (non-hydrogen) atoms. The highest BCUT2D eigenvalue weighted by Crippen LogP contribution is 2.26. The molecule has 90 valence electrons. The lowest BCUT2D eigenvalue weighted by molar-refractivity contribution is 0.337. The molecule has 2 unspecified atom stereocenters. The zero-order valence-corrected chi connectivity index (χ0v) is 10.8. The molecular formula is C13H23N3. The normalized spacial score (nSPS) is 27.0. The Labute approximate surface area is 98.2 Å². The first-order valence-corrected chi connectivity index (χ1v) is 6.28. The molecule has 0 amide bonds. The highest BCUT2D eigenvalue weighted by atomic mass is 15.3. The van der Waals surface area contributed by atoms with Crippen molar-refractivity contribution in [3.8, 4) is 0 Å². The fraction of sp³-hybridized carbons (Fsp3) is 0.769. The zero-order valence-electron chi connectivity index (χ0n) is 10.8. The fourth-order valence-corrected chi connectivity index (χ4v) is 2.28. The first kappa shape index (κ1) is 11.6. The molecule has 3 nitrogen and oxygen atoms in total. The van der Waals surface area contributed by atoms with Gasteiger partial charge in [0.15, 0.2) is 0 Å². The maximum Gasteiger partial charge on any atom is 0.0543 e. The molecule has 1 aliphatic heterocycles. The third kappa shape index (κ3) is 2.46. The summed E-state index contributed by atoms with van der Waals surface area (Å²) in [7, 11) is 0. The van der Waals surface area contributed by atoms with Crippen molar-refractivity contribution in [3.05, 3.63) is 18.0 Å². The second-order valence-electron chi connectivity index (χ2n) is 5.94. The quantitative estimate of drug-likeness (QED) is 0.790. The van der Waals surface area contributed by atoms with E-state index in [0.29, 0.717) is 12.1 Å². The Hall–Kier alpha value is -0.830. The number of nitrogens with one attached hydrogen (secondary N) is 1. The van der Waals surface area contributed by atoms with Crippen LogP contribution in [-0.4, -0.2) is 15.8 Å². The van der Waals surface area contributed by atoms with Crippen molar-refractivity contribution in [1.82, 2.24) is 15.1 Å². The smallest absolute Gasteiger partial charge is 0.0543 e. The van der Waals surface area contributed by atoms with Gasteiger partial charge in [-0.2, -0.15) is 5.10 Å². The van der Waals surface area contributed by atoms with Gasteiger partial charge >= 0.3 is 0 Å². The van der Waals surface area contributed by atoms with Gasteiger partial charge in [-0.15, -0.1) is 0 Å². The van der Waals surface area contributed by atoms with Crippen molar-refractivity contribution in [2.24, 2.45) is 0 Å². The van der Waals surface area contributed by atoms with Crippen LogP contribution < -0.4 is 5.32 Å². The molecule has 1 aromatic heterocycles. The SMILES string of the molecule is CC1CCCC(c2cnn(C(C)(C)C)c2)N1. The summed E-state index contributed by atoms with van der Waals surface area (Å²) in [6, 6.07) is 1.14. The first-order chi connectivity index (χ1) is 7.47. The van der Waals surface area contributed by atoms with Gasteiger partial charge in [0.05, 0.1) is 11.7 Å². The lowest BCUT2D eigenvalue weighted by Crippen LogP contribution is -2.34. The van der Waals surface area contributed by atoms with Crippen molar-refractivity contribution in [2.45, 2.75) is 64.6 Å². The Morgan fingerprint density at radius 1 is 1.38 bits per heavy atom. The molecule has 1 aliphatic rings. The second-order valence-corrected chi connectivity index (χ2v) is 5.94. The number of hydrogen-bond acceptors (Lipinski definition) is 2. The molecule has 1 fully saturated rings. The monoisotopic (exact) mass is 221 g/mol. The van der Waals surface area contributed by atoms with Gasteiger partial charge < -0.3 is 5.32 Å². The maximum atomic E-state index is 4.46. The van der Waals surface area contributed by atoms with Gasteiger partial charge in [-0.1, -0.05) is 6.42 Å². The molecule has 2 atom stereocenters. The third-order valence-electron chi connectivity index (χ3n) is 3.31. The van der Waals surface area contributed by atoms with E-state index in [1.807, 2.05) is 6.20 Å². The van der Waals surface area contributed by atoms with Crippen molar-refractivity contribution in [1.29, 1.82) is 0 Å². The van der Waals surface area contributed by atoms with Crippen LogP contribution >= 0.6 is 0 Å². The minimum atomic E-state index is 0.0819. The highest BCUT2D eigenvalue weighted by Gasteiger charge is 2.22. The van der Waals surface area contributed by atoms with Crippen LogP contribution in [0, 0.1) is 0 Å². The van der Waals surface area contributed by atoms with E-state index in [4.69, 9.17) is 0 Å². The van der Waals surface area contributed by atoms with Crippen molar-refractivity contribution < 1.29 is 0 Å². The summed E-state index contributed by atoms with van der Waals surface area (Å²) in [5, 5.41) is 8.11. The minimum Gasteiger partial charge on any atom is -0.307 e. The van der Waals surface area contributed by atoms with Gasteiger partial charge in [0.2, 0.25) is 0 Å². The molecule has 1 saturated heterocycles. The van der Waals surface area contributed by atoms with Crippen molar-refractivity contribution >= 4 is 0 Å². The van der Waals surface area contributed by atoms with Crippen LogP contribution in [0.1, 0.15) is 58.6 Å². The van der Waals surface area contributed by atoms with Crippen LogP contribution in [0.15, 0.2) is 12.4 Å². The van der Waals surface area contributed by atoms with Crippen LogP contribution in [0.25, 0.3) is 0 Å². The fourth-order valence-electron chi connectivity index (χ4n) is 2.28. The summed E-state index contributed by atoms with van der Waals surface area (Å²) in [5.74, 6) is 0. The van der Waals surface area contributed by atoms with E-state index in [1.165, 1.54) is 24.8 Å². The lowest BCUT2D eigenvalue weighted by atomic mass is 9.96. The number of rotatable bonds is 1. The summed E-state index contributed by atoms with van der Waals surface area (Å²) in [4.78, 5) is 0. The maximum absolute atomic E-state index is 4.46. The highest BCUT2D eigenvalue weighted by molar-refractivity contribution is 5.12. The predicted octanol–water partition coefficient (Wildman–Crippen LogP) is 2.84. The van der Waals surface area contributed by atoms with Gasteiger partial charge in [-0.25, -0.2) is 0 Å². The summed E-state index contributed by atoms with van der Waals surface area (Å²) in [5.41, 5.74) is 1.42. The average Bonchev–Trinajstić information content (AvgIpc) is 2.65. The van der Waals surface area contributed by atoms with Crippen LogP contribution in [0.4, 0.5) is 0 Å². The van der Waals surface area contributed by atoms with E-state index in [-0.39, 0.29) is 5.54 Å². The Morgan fingerprint density at radius 2 is 2.12 bits per heavy atom. The molecule has 1 N–H and O–H groups in total. The number of aromatic nitrogens is 2. The topological polar surface area (TPSA) is 29.9 Å². The first-order valence-electron chi connectivity index (χ1n) is 6.28. The van der Waals surface area contributed by atoms with E-state index < -0.39 is 0 Å². The Balaban J connectivity index is 2.12. The molecule has 2 rings (SSSR count). The molecule has 0 bridgehead atoms. The second kappa shape index (κ2) is 4.21. The third-order valence-corrected chi connectivity index (χ3v) is 3.31. The largest absolute Gasteiger partial charge is 0.307 e. The van der Waals surface area contributed by atoms with E-state index in [1.54, 1.807) is 0 Å². The average molecular weight is 221 g/mol. The number of hydrogen-bond donors (Lipinski definition) is 1. The van der Waals surface area contributed by atoms with Crippen LogP contribution in [0.2, 0.25) is 0 Å². The van der Waals surface area contributed by atoms with E-state index >= 15 is 0 Å². The standard InChI is InChI=1S/C13H23N3/c1-10-6-5-7-12(15-10)11-8-14-16(9-11)13(2,3)4/h8-10,12,15H,5-7H2,1-4H3. The molecule has 0 aromatic carbocycles. The minimum absolute atomic E-state index is 0.0819. The number of piperidine rings is 1. The van der Waals surface area contributed by atoms with Gasteiger partial charge in [0.25, 0.3) is 0 Å². The summed E-state index contributed by atoms with van der Waals surface area (Å²) < 4.78 is 2.06. The molecule has 0 radical (unpaired) electrons. The van der Waals surface area contributed by atoms with E-state index in [0.717, 1.165) is 0 Å². The summed E-state index contributed by atoms with van der Waals surface area (Å²) in [6.45, 7) is 8.81.